The van der Waals surface area contributed by atoms with Gasteiger partial charge in [0.15, 0.2) is 5.17 Å². The van der Waals surface area contributed by atoms with E-state index in [0.717, 1.165) is 17.4 Å². The van der Waals surface area contributed by atoms with Crippen molar-refractivity contribution >= 4 is 22.8 Å². The SMILES string of the molecule is CCC1=NC(C(C)(C)C)N(N)C(SC)=N1. The molecule has 0 fully saturated rings. The minimum atomic E-state index is -0.0209. The predicted octanol–water partition coefficient (Wildman–Crippen LogP) is 2.08. The summed E-state index contributed by atoms with van der Waals surface area (Å²) in [5, 5.41) is 2.52. The van der Waals surface area contributed by atoms with Gasteiger partial charge in [-0.25, -0.2) is 15.8 Å². The van der Waals surface area contributed by atoms with Crippen LogP contribution in [0.3, 0.4) is 0 Å². The standard InChI is InChI=1S/C10H20N4S/c1-6-7-12-8(10(2,3)4)14(11)9(13-7)15-5/h8H,6,11H2,1-5H3. The smallest absolute Gasteiger partial charge is 0.181 e. The van der Waals surface area contributed by atoms with Crippen LogP contribution in [0.4, 0.5) is 0 Å². The number of aliphatic imine (C=N–C) groups is 2. The van der Waals surface area contributed by atoms with Crippen LogP contribution in [0, 0.1) is 5.41 Å². The second kappa shape index (κ2) is 4.53. The van der Waals surface area contributed by atoms with Gasteiger partial charge in [0.1, 0.15) is 12.0 Å². The highest BCUT2D eigenvalue weighted by Gasteiger charge is 2.33. The Kier molecular flexibility index (Phi) is 3.78. The molecule has 1 rings (SSSR count). The summed E-state index contributed by atoms with van der Waals surface area (Å²) in [7, 11) is 0. The van der Waals surface area contributed by atoms with Gasteiger partial charge >= 0.3 is 0 Å². The summed E-state index contributed by atoms with van der Waals surface area (Å²) in [6.07, 6.45) is 2.81. The first-order valence-corrected chi connectivity index (χ1v) is 6.36. The quantitative estimate of drug-likeness (QED) is 0.699. The largest absolute Gasteiger partial charge is 0.264 e. The molecule has 0 saturated carbocycles. The third-order valence-electron chi connectivity index (χ3n) is 2.25. The molecule has 0 aromatic rings. The minimum Gasteiger partial charge on any atom is -0.264 e. The molecule has 86 valence electrons. The molecule has 0 aromatic carbocycles. The normalized spacial score (nSPS) is 22.5. The molecule has 0 aromatic heterocycles. The fourth-order valence-electron chi connectivity index (χ4n) is 1.44. The van der Waals surface area contributed by atoms with E-state index < -0.39 is 0 Å². The number of hydrazine groups is 1. The van der Waals surface area contributed by atoms with Gasteiger partial charge in [-0.3, -0.25) is 5.01 Å². The number of hydrogen-bond donors (Lipinski definition) is 1. The fraction of sp³-hybridized carbons (Fsp3) is 0.800. The van der Waals surface area contributed by atoms with Crippen LogP contribution in [-0.4, -0.2) is 28.4 Å². The summed E-state index contributed by atoms with van der Waals surface area (Å²) >= 11 is 1.56. The van der Waals surface area contributed by atoms with Crippen molar-refractivity contribution in [3.8, 4) is 0 Å². The molecule has 0 radical (unpaired) electrons. The summed E-state index contributed by atoms with van der Waals surface area (Å²) < 4.78 is 0. The maximum atomic E-state index is 6.01. The van der Waals surface area contributed by atoms with E-state index in [4.69, 9.17) is 5.84 Å². The molecule has 15 heavy (non-hydrogen) atoms. The van der Waals surface area contributed by atoms with Gasteiger partial charge < -0.3 is 0 Å². The van der Waals surface area contributed by atoms with E-state index in [1.165, 1.54) is 0 Å². The molecule has 0 amide bonds. The van der Waals surface area contributed by atoms with Crippen LogP contribution < -0.4 is 5.84 Å². The second-order valence-electron chi connectivity index (χ2n) is 4.64. The molecular formula is C10H20N4S. The maximum absolute atomic E-state index is 6.01. The van der Waals surface area contributed by atoms with Crippen LogP contribution in [0.15, 0.2) is 9.98 Å². The second-order valence-corrected chi connectivity index (χ2v) is 5.42. The zero-order valence-electron chi connectivity index (χ0n) is 10.1. The summed E-state index contributed by atoms with van der Waals surface area (Å²) in [6, 6.07) is 0. The average Bonchev–Trinajstić information content (AvgIpc) is 2.16. The maximum Gasteiger partial charge on any atom is 0.181 e. The van der Waals surface area contributed by atoms with E-state index in [0.29, 0.717) is 0 Å². The van der Waals surface area contributed by atoms with Crippen LogP contribution in [-0.2, 0) is 0 Å². The first-order valence-electron chi connectivity index (χ1n) is 5.13. The Balaban J connectivity index is 3.02. The van der Waals surface area contributed by atoms with E-state index in [2.05, 4.69) is 37.7 Å². The molecule has 5 heteroatoms. The number of amidine groups is 2. The van der Waals surface area contributed by atoms with Crippen molar-refractivity contribution in [1.82, 2.24) is 5.01 Å². The first-order chi connectivity index (χ1) is 6.90. The van der Waals surface area contributed by atoms with Crippen molar-refractivity contribution in [2.24, 2.45) is 21.2 Å². The highest BCUT2D eigenvalue weighted by atomic mass is 32.2. The average molecular weight is 228 g/mol. The minimum absolute atomic E-state index is 0.0199. The van der Waals surface area contributed by atoms with Crippen LogP contribution in [0.5, 0.6) is 0 Å². The van der Waals surface area contributed by atoms with E-state index in [1.807, 2.05) is 6.26 Å². The monoisotopic (exact) mass is 228 g/mol. The molecule has 1 aliphatic heterocycles. The number of thioether (sulfide) groups is 1. The van der Waals surface area contributed by atoms with Crippen molar-refractivity contribution < 1.29 is 0 Å². The lowest BCUT2D eigenvalue weighted by Crippen LogP contribution is -2.52. The van der Waals surface area contributed by atoms with Gasteiger partial charge in [-0.05, 0) is 6.26 Å². The van der Waals surface area contributed by atoms with Crippen LogP contribution >= 0.6 is 11.8 Å². The number of nitrogens with two attached hydrogens (primary N) is 1. The number of nitrogens with zero attached hydrogens (tertiary/aromatic N) is 3. The molecule has 4 nitrogen and oxygen atoms in total. The van der Waals surface area contributed by atoms with Gasteiger partial charge in [-0.1, -0.05) is 39.5 Å². The lowest BCUT2D eigenvalue weighted by molar-refractivity contribution is 0.176. The summed E-state index contributed by atoms with van der Waals surface area (Å²) in [5.74, 6) is 6.90. The molecule has 0 saturated heterocycles. The Labute approximate surface area is 96.0 Å². The highest BCUT2D eigenvalue weighted by molar-refractivity contribution is 8.13. The van der Waals surface area contributed by atoms with Gasteiger partial charge in [0.05, 0.1) is 0 Å². The third-order valence-corrected chi connectivity index (χ3v) is 2.92. The molecule has 1 aliphatic rings. The van der Waals surface area contributed by atoms with Gasteiger partial charge in [-0.15, -0.1) is 0 Å². The molecule has 0 aliphatic carbocycles. The zero-order chi connectivity index (χ0) is 11.6. The Morgan fingerprint density at radius 2 is 2.07 bits per heavy atom. The highest BCUT2D eigenvalue weighted by Crippen LogP contribution is 2.28. The van der Waals surface area contributed by atoms with Crippen molar-refractivity contribution in [2.45, 2.75) is 40.3 Å². The van der Waals surface area contributed by atoms with Crippen LogP contribution in [0.1, 0.15) is 34.1 Å². The summed E-state index contributed by atoms with van der Waals surface area (Å²) in [5.41, 5.74) is 0.0199. The van der Waals surface area contributed by atoms with Crippen molar-refractivity contribution in [2.75, 3.05) is 6.26 Å². The summed E-state index contributed by atoms with van der Waals surface area (Å²) in [4.78, 5) is 8.96. The fourth-order valence-corrected chi connectivity index (χ4v) is 1.94. The van der Waals surface area contributed by atoms with Crippen LogP contribution in [0.2, 0.25) is 0 Å². The van der Waals surface area contributed by atoms with E-state index in [9.17, 15) is 0 Å². The van der Waals surface area contributed by atoms with Crippen LogP contribution in [0.25, 0.3) is 0 Å². The first kappa shape index (κ1) is 12.5. The topological polar surface area (TPSA) is 54.0 Å². The Hall–Kier alpha value is -0.550. The summed E-state index contributed by atoms with van der Waals surface area (Å²) in [6.45, 7) is 8.47. The van der Waals surface area contributed by atoms with Gasteiger partial charge in [0, 0.05) is 11.8 Å². The Morgan fingerprint density at radius 1 is 1.47 bits per heavy atom. The number of rotatable bonds is 1. The molecule has 1 heterocycles. The lowest BCUT2D eigenvalue weighted by Gasteiger charge is -2.37. The van der Waals surface area contributed by atoms with Crippen molar-refractivity contribution in [1.29, 1.82) is 0 Å². The molecule has 0 bridgehead atoms. The Morgan fingerprint density at radius 3 is 2.47 bits per heavy atom. The van der Waals surface area contributed by atoms with Crippen molar-refractivity contribution in [3.63, 3.8) is 0 Å². The molecular weight excluding hydrogens is 208 g/mol. The molecule has 1 atom stereocenters. The van der Waals surface area contributed by atoms with Gasteiger partial charge in [0.2, 0.25) is 0 Å². The lowest BCUT2D eigenvalue weighted by atomic mass is 9.92. The van der Waals surface area contributed by atoms with E-state index >= 15 is 0 Å². The zero-order valence-corrected chi connectivity index (χ0v) is 10.9. The number of hydrogen-bond acceptors (Lipinski definition) is 5. The molecule has 0 spiro atoms. The third kappa shape index (κ3) is 2.72. The Bertz CT molecular complexity index is 290. The molecule has 1 unspecified atom stereocenters. The van der Waals surface area contributed by atoms with Crippen molar-refractivity contribution in [3.05, 3.63) is 0 Å². The van der Waals surface area contributed by atoms with Gasteiger partial charge in [0.25, 0.3) is 0 Å². The van der Waals surface area contributed by atoms with E-state index in [-0.39, 0.29) is 11.6 Å². The van der Waals surface area contributed by atoms with Gasteiger partial charge in [-0.2, -0.15) is 0 Å². The predicted molar refractivity (Wildman–Crippen MR) is 67.9 cm³/mol. The molecule has 2 N–H and O–H groups in total. The van der Waals surface area contributed by atoms with E-state index in [1.54, 1.807) is 16.8 Å².